The second kappa shape index (κ2) is 12.6. The van der Waals surface area contributed by atoms with E-state index in [0.717, 1.165) is 71.5 Å². The van der Waals surface area contributed by atoms with E-state index in [9.17, 15) is 9.90 Å². The summed E-state index contributed by atoms with van der Waals surface area (Å²) < 4.78 is 15.9. The van der Waals surface area contributed by atoms with E-state index in [1.807, 2.05) is 39.8 Å². The van der Waals surface area contributed by atoms with Crippen molar-refractivity contribution in [2.24, 2.45) is 0 Å². The van der Waals surface area contributed by atoms with Crippen LogP contribution in [0, 0.1) is 13.8 Å². The van der Waals surface area contributed by atoms with E-state index < -0.39 is 17.7 Å². The Hall–Kier alpha value is -3.09. The van der Waals surface area contributed by atoms with Crippen LogP contribution in [0.2, 0.25) is 0 Å². The van der Waals surface area contributed by atoms with Crippen LogP contribution in [0.15, 0.2) is 48.5 Å². The van der Waals surface area contributed by atoms with Gasteiger partial charge in [-0.3, -0.25) is 0 Å². The van der Waals surface area contributed by atoms with Crippen molar-refractivity contribution in [3.8, 4) is 16.9 Å². The number of carbonyl (C=O) groups is 1. The summed E-state index contributed by atoms with van der Waals surface area (Å²) in [6.07, 6.45) is 4.67. The molecule has 0 bridgehead atoms. The molecule has 3 aromatic rings. The first-order valence-electron chi connectivity index (χ1n) is 14.1. The van der Waals surface area contributed by atoms with Crippen LogP contribution in [0.3, 0.4) is 0 Å². The molecule has 5 nitrogen and oxygen atoms in total. The van der Waals surface area contributed by atoms with Gasteiger partial charge >= 0.3 is 5.97 Å². The lowest BCUT2D eigenvalue weighted by atomic mass is 9.82. The third-order valence-corrected chi connectivity index (χ3v) is 8.69. The molecular weight excluding hydrogens is 518 g/mol. The van der Waals surface area contributed by atoms with Gasteiger partial charge in [-0.2, -0.15) is 0 Å². The molecule has 40 heavy (non-hydrogen) atoms. The van der Waals surface area contributed by atoms with E-state index in [4.69, 9.17) is 9.47 Å². The zero-order chi connectivity index (χ0) is 29.0. The molecule has 2 N–H and O–H groups in total. The summed E-state index contributed by atoms with van der Waals surface area (Å²) in [5, 5.41) is 12.7. The number of hydrogen-bond acceptors (Lipinski definition) is 4. The average Bonchev–Trinajstić information content (AvgIpc) is 2.92. The molecule has 1 heterocycles. The zero-order valence-corrected chi connectivity index (χ0v) is 25.7. The largest absolute Gasteiger partial charge is 0.493 e. The van der Waals surface area contributed by atoms with Gasteiger partial charge in [0.15, 0.2) is 6.10 Å². The second-order valence-corrected chi connectivity index (χ2v) is 13.3. The molecule has 0 aromatic heterocycles. The fourth-order valence-electron chi connectivity index (χ4n) is 5.48. The molecule has 1 aliphatic heterocycles. The van der Waals surface area contributed by atoms with Gasteiger partial charge in [-0.1, -0.05) is 36.4 Å². The van der Waals surface area contributed by atoms with Gasteiger partial charge in [-0.15, -0.1) is 10.7 Å². The molecule has 0 saturated carbocycles. The molecule has 0 fully saturated rings. The monoisotopic (exact) mass is 561 g/mol. The van der Waals surface area contributed by atoms with Crippen molar-refractivity contribution in [2.75, 3.05) is 17.6 Å². The number of hydrogen-bond donors (Lipinski definition) is 2. The number of fused-ring (bicyclic) bond motifs is 1. The Morgan fingerprint density at radius 2 is 1.85 bits per heavy atom. The van der Waals surface area contributed by atoms with Crippen LogP contribution in [-0.2, 0) is 28.8 Å². The maximum Gasteiger partial charge on any atom is 0.337 e. The number of carboxylic acid groups (broad SMARTS) is 1. The quantitative estimate of drug-likeness (QED) is 0.259. The molecule has 1 aliphatic rings. The van der Waals surface area contributed by atoms with Gasteiger partial charge in [0.05, 0.1) is 17.9 Å². The highest BCUT2D eigenvalue weighted by Gasteiger charge is 2.34. The molecule has 0 amide bonds. The van der Waals surface area contributed by atoms with Gasteiger partial charge in [0, 0.05) is 5.56 Å². The highest BCUT2D eigenvalue weighted by Crippen LogP contribution is 2.45. The van der Waals surface area contributed by atoms with Crippen molar-refractivity contribution in [3.05, 3.63) is 81.9 Å². The predicted molar refractivity (Wildman–Crippen MR) is 169 cm³/mol. The maximum atomic E-state index is 12.9. The highest BCUT2D eigenvalue weighted by molar-refractivity contribution is 8.15. The Morgan fingerprint density at radius 1 is 1.12 bits per heavy atom. The fourth-order valence-corrected chi connectivity index (χ4v) is 6.19. The van der Waals surface area contributed by atoms with Crippen LogP contribution < -0.4 is 9.46 Å². The van der Waals surface area contributed by atoms with E-state index in [1.165, 1.54) is 16.7 Å². The molecule has 0 spiro atoms. The molecule has 6 heteroatoms. The summed E-state index contributed by atoms with van der Waals surface area (Å²) in [6, 6.07) is 16.8. The lowest BCUT2D eigenvalue weighted by Gasteiger charge is -2.31. The summed E-state index contributed by atoms with van der Waals surface area (Å²) in [5.74, 6) is -0.0664. The topological polar surface area (TPSA) is 67.8 Å². The van der Waals surface area contributed by atoms with Crippen LogP contribution in [0.4, 0.5) is 5.69 Å². The first-order chi connectivity index (χ1) is 19.0. The minimum atomic E-state index is -1.12. The number of ether oxygens (including phenoxy) is 2. The lowest BCUT2D eigenvalue weighted by molar-refractivity contribution is -0.160. The Kier molecular flexibility index (Phi) is 9.42. The third kappa shape index (κ3) is 6.79. The Bertz CT molecular complexity index is 1410. The van der Waals surface area contributed by atoms with Crippen molar-refractivity contribution in [1.29, 1.82) is 0 Å². The molecule has 0 aliphatic carbocycles. The molecule has 0 radical (unpaired) electrons. The molecule has 2 atom stereocenters. The Morgan fingerprint density at radius 3 is 2.50 bits per heavy atom. The number of anilines is 1. The van der Waals surface area contributed by atoms with E-state index in [0.29, 0.717) is 0 Å². The zero-order valence-electron chi connectivity index (χ0n) is 24.9. The molecule has 214 valence electrons. The Labute approximate surface area is 242 Å². The van der Waals surface area contributed by atoms with Crippen LogP contribution in [0.1, 0.15) is 73.6 Å². The van der Waals surface area contributed by atoms with Gasteiger partial charge in [0.1, 0.15) is 5.75 Å². The normalized spacial score (nSPS) is 14.8. The number of aryl methyl sites for hydroxylation is 2. The second-order valence-electron chi connectivity index (χ2n) is 11.5. The fraction of sp³-hybridized carbons (Fsp3) is 0.412. The van der Waals surface area contributed by atoms with Gasteiger partial charge in [-0.25, -0.2) is 4.79 Å². The summed E-state index contributed by atoms with van der Waals surface area (Å²) in [5.41, 5.74) is 8.73. The van der Waals surface area contributed by atoms with Crippen LogP contribution >= 0.6 is 10.7 Å². The predicted octanol–water partition coefficient (Wildman–Crippen LogP) is 8.07. The summed E-state index contributed by atoms with van der Waals surface area (Å²) in [7, 11) is -0.189. The van der Waals surface area contributed by atoms with E-state index in [-0.39, 0.29) is 10.7 Å². The van der Waals surface area contributed by atoms with E-state index in [2.05, 4.69) is 66.6 Å². The van der Waals surface area contributed by atoms with Crippen molar-refractivity contribution < 1.29 is 19.4 Å². The first kappa shape index (κ1) is 29.9. The highest BCUT2D eigenvalue weighted by atomic mass is 32.2. The van der Waals surface area contributed by atoms with Crippen molar-refractivity contribution >= 4 is 27.7 Å². The smallest absolute Gasteiger partial charge is 0.337 e. The van der Waals surface area contributed by atoms with Crippen LogP contribution in [-0.4, -0.2) is 34.9 Å². The van der Waals surface area contributed by atoms with E-state index >= 15 is 0 Å². The first-order valence-corrected chi connectivity index (χ1v) is 15.8. The van der Waals surface area contributed by atoms with Crippen LogP contribution in [0.5, 0.6) is 5.75 Å². The lowest BCUT2D eigenvalue weighted by Crippen LogP contribution is -2.29. The minimum Gasteiger partial charge on any atom is -0.493 e. The van der Waals surface area contributed by atoms with Gasteiger partial charge in [0.25, 0.3) is 0 Å². The number of aliphatic carboxylic acids is 1. The van der Waals surface area contributed by atoms with Crippen LogP contribution in [0.25, 0.3) is 11.1 Å². The maximum absolute atomic E-state index is 12.9. The molecule has 0 saturated heterocycles. The average molecular weight is 562 g/mol. The molecule has 1 unspecified atom stereocenters. The summed E-state index contributed by atoms with van der Waals surface area (Å²) >= 11 is 0. The van der Waals surface area contributed by atoms with Gasteiger partial charge in [-0.05, 0) is 130 Å². The summed E-state index contributed by atoms with van der Waals surface area (Å²) in [6.45, 7) is 12.7. The summed E-state index contributed by atoms with van der Waals surface area (Å²) in [4.78, 5) is 12.9. The number of nitrogens with one attached hydrogen (secondary N) is 1. The standard InChI is InChI=1S/C34H43NO4S/c1-8-40(7)35-31-23(3)30(32(33(36)37)39-34(4,5)6)29(26-17-19-28-25(21-26)15-12-20-38-28)22(2)27(31)18-16-24-13-10-9-11-14-24/h8-11,13-14,17,19,21,32,35H,12,15-16,18,20H2,1-7H3,(H,36,37)/t32-,40?/m0/s1. The third-order valence-electron chi connectivity index (χ3n) is 7.46. The van der Waals surface area contributed by atoms with Crippen molar-refractivity contribution in [2.45, 2.75) is 78.9 Å². The molecular formula is C34H43NO4S. The SMILES string of the molecule is C/C=S(\C)Nc1c(C)c([C@H](OC(C)(C)C)C(=O)O)c(-c2ccc3c(c2)CCCO3)c(C)c1CCc1ccccc1. The van der Waals surface area contributed by atoms with Gasteiger partial charge < -0.3 is 19.3 Å². The van der Waals surface area contributed by atoms with Gasteiger partial charge in [0.2, 0.25) is 0 Å². The molecule has 4 rings (SSSR count). The van der Waals surface area contributed by atoms with E-state index in [1.54, 1.807) is 0 Å². The Balaban J connectivity index is 2.01. The van der Waals surface area contributed by atoms with Crippen molar-refractivity contribution in [3.63, 3.8) is 0 Å². The number of rotatable bonds is 9. The number of carboxylic acids is 1. The number of benzene rings is 3. The van der Waals surface area contributed by atoms with Crippen molar-refractivity contribution in [1.82, 2.24) is 0 Å². The minimum absolute atomic E-state index is 0.189. The molecule has 3 aromatic carbocycles.